The molecule has 1 heterocycles. The molecule has 1 N–H and O–H groups in total. The third kappa shape index (κ3) is 3.71. The van der Waals surface area contributed by atoms with Crippen molar-refractivity contribution in [3.8, 4) is 17.4 Å². The van der Waals surface area contributed by atoms with Crippen LogP contribution in [0.2, 0.25) is 0 Å². The number of benzene rings is 1. The molecule has 4 heteroatoms. The predicted octanol–water partition coefficient (Wildman–Crippen LogP) is 3.72. The minimum Gasteiger partial charge on any atom is -0.490 e. The number of nitrogens with zero attached hydrogens (tertiary/aromatic N) is 1. The van der Waals surface area contributed by atoms with E-state index in [1.807, 2.05) is 24.3 Å². The lowest BCUT2D eigenvalue weighted by atomic mass is 10.2. The summed E-state index contributed by atoms with van der Waals surface area (Å²) in [6.07, 6.45) is 2.02. The van der Waals surface area contributed by atoms with Crippen molar-refractivity contribution >= 4 is 0 Å². The van der Waals surface area contributed by atoms with Crippen LogP contribution in [0.15, 0.2) is 42.6 Å². The van der Waals surface area contributed by atoms with Gasteiger partial charge in [0.15, 0.2) is 11.5 Å². The van der Waals surface area contributed by atoms with Gasteiger partial charge in [0, 0.05) is 12.3 Å². The summed E-state index contributed by atoms with van der Waals surface area (Å²) in [6.45, 7) is 4.40. The van der Waals surface area contributed by atoms with Crippen LogP contribution in [0.1, 0.15) is 31.9 Å². The number of ether oxygens (including phenoxy) is 2. The fourth-order valence-electron chi connectivity index (χ4n) is 1.68. The van der Waals surface area contributed by atoms with Crippen LogP contribution in [0.4, 0.5) is 0 Å². The molecule has 4 nitrogen and oxygen atoms in total. The highest BCUT2D eigenvalue weighted by molar-refractivity contribution is 5.41. The zero-order chi connectivity index (χ0) is 14.4. The highest BCUT2D eigenvalue weighted by Crippen LogP contribution is 2.30. The van der Waals surface area contributed by atoms with Crippen molar-refractivity contribution in [3.05, 3.63) is 48.2 Å². The maximum Gasteiger partial charge on any atom is 0.219 e. The van der Waals surface area contributed by atoms with Crippen molar-refractivity contribution in [1.82, 2.24) is 4.98 Å². The number of para-hydroxylation sites is 2. The molecular formula is C16H19NO3. The predicted molar refractivity (Wildman–Crippen MR) is 77.2 cm³/mol. The lowest BCUT2D eigenvalue weighted by Crippen LogP contribution is -1.98. The maximum absolute atomic E-state index is 9.44. The van der Waals surface area contributed by atoms with E-state index in [9.17, 15) is 5.11 Å². The molecule has 0 radical (unpaired) electrons. The molecule has 0 amide bonds. The third-order valence-corrected chi connectivity index (χ3v) is 2.77. The molecule has 0 saturated heterocycles. The largest absolute Gasteiger partial charge is 0.490 e. The molecule has 0 aliphatic carbocycles. The smallest absolute Gasteiger partial charge is 0.219 e. The van der Waals surface area contributed by atoms with Gasteiger partial charge in [0.05, 0.1) is 12.7 Å². The van der Waals surface area contributed by atoms with Gasteiger partial charge in [-0.3, -0.25) is 0 Å². The molecule has 0 spiro atoms. The Morgan fingerprint density at radius 1 is 1.15 bits per heavy atom. The molecule has 0 aliphatic rings. The number of aromatic nitrogens is 1. The normalized spacial score (nSPS) is 11.9. The number of aliphatic hydroxyl groups is 1. The van der Waals surface area contributed by atoms with E-state index in [1.54, 1.807) is 25.3 Å². The Hall–Kier alpha value is -2.07. The Morgan fingerprint density at radius 3 is 2.50 bits per heavy atom. The number of hydrogen-bond donors (Lipinski definition) is 1. The molecule has 2 aromatic rings. The number of pyridine rings is 1. The first-order valence-corrected chi connectivity index (χ1v) is 6.74. The molecule has 1 atom stereocenters. The number of hydrogen-bond acceptors (Lipinski definition) is 4. The summed E-state index contributed by atoms with van der Waals surface area (Å²) in [4.78, 5) is 4.18. The van der Waals surface area contributed by atoms with Gasteiger partial charge in [0.25, 0.3) is 0 Å². The van der Waals surface area contributed by atoms with E-state index < -0.39 is 6.10 Å². The Bertz CT molecular complexity index is 538. The van der Waals surface area contributed by atoms with E-state index >= 15 is 0 Å². The monoisotopic (exact) mass is 273 g/mol. The van der Waals surface area contributed by atoms with Crippen molar-refractivity contribution in [2.24, 2.45) is 0 Å². The van der Waals surface area contributed by atoms with Crippen molar-refractivity contribution in [2.75, 3.05) is 6.61 Å². The highest BCUT2D eigenvalue weighted by Gasteiger charge is 2.07. The molecule has 0 aliphatic heterocycles. The van der Waals surface area contributed by atoms with E-state index in [0.29, 0.717) is 24.0 Å². The van der Waals surface area contributed by atoms with Gasteiger partial charge in [-0.2, -0.15) is 0 Å². The van der Waals surface area contributed by atoms with Crippen molar-refractivity contribution in [2.45, 2.75) is 26.4 Å². The summed E-state index contributed by atoms with van der Waals surface area (Å²) in [7, 11) is 0. The molecule has 106 valence electrons. The van der Waals surface area contributed by atoms with Crippen LogP contribution in [0.3, 0.4) is 0 Å². The summed E-state index contributed by atoms with van der Waals surface area (Å²) in [6, 6.07) is 11.0. The summed E-state index contributed by atoms with van der Waals surface area (Å²) in [5.74, 6) is 1.82. The summed E-state index contributed by atoms with van der Waals surface area (Å²) >= 11 is 0. The lowest BCUT2D eigenvalue weighted by molar-refractivity contribution is 0.198. The second-order valence-corrected chi connectivity index (χ2v) is 4.50. The third-order valence-electron chi connectivity index (χ3n) is 2.77. The Balaban J connectivity index is 2.13. The van der Waals surface area contributed by atoms with Crippen LogP contribution in [0.25, 0.3) is 0 Å². The summed E-state index contributed by atoms with van der Waals surface area (Å²) in [5.41, 5.74) is 0.757. The second kappa shape index (κ2) is 6.91. The van der Waals surface area contributed by atoms with Crippen LogP contribution in [0, 0.1) is 0 Å². The fraction of sp³-hybridized carbons (Fsp3) is 0.312. The van der Waals surface area contributed by atoms with E-state index in [4.69, 9.17) is 9.47 Å². The van der Waals surface area contributed by atoms with E-state index in [-0.39, 0.29) is 0 Å². The van der Waals surface area contributed by atoms with E-state index in [0.717, 1.165) is 12.0 Å². The van der Waals surface area contributed by atoms with Crippen molar-refractivity contribution in [3.63, 3.8) is 0 Å². The Labute approximate surface area is 119 Å². The topological polar surface area (TPSA) is 51.6 Å². The molecule has 1 aromatic heterocycles. The van der Waals surface area contributed by atoms with Crippen LogP contribution in [-0.2, 0) is 0 Å². The first kappa shape index (κ1) is 14.3. The van der Waals surface area contributed by atoms with Crippen LogP contribution in [0.5, 0.6) is 17.4 Å². The maximum atomic E-state index is 9.44. The number of rotatable bonds is 6. The number of aliphatic hydroxyl groups excluding tert-OH is 1. The van der Waals surface area contributed by atoms with Crippen molar-refractivity contribution < 1.29 is 14.6 Å². The van der Waals surface area contributed by atoms with Gasteiger partial charge in [-0.1, -0.05) is 19.1 Å². The van der Waals surface area contributed by atoms with E-state index in [1.165, 1.54) is 0 Å². The first-order valence-electron chi connectivity index (χ1n) is 6.74. The first-order chi connectivity index (χ1) is 9.70. The zero-order valence-electron chi connectivity index (χ0n) is 11.7. The van der Waals surface area contributed by atoms with Crippen LogP contribution in [-0.4, -0.2) is 16.7 Å². The molecule has 1 aromatic carbocycles. The van der Waals surface area contributed by atoms with E-state index in [2.05, 4.69) is 11.9 Å². The average molecular weight is 273 g/mol. The van der Waals surface area contributed by atoms with Crippen LogP contribution < -0.4 is 9.47 Å². The average Bonchev–Trinajstić information content (AvgIpc) is 2.47. The standard InChI is InChI=1S/C16H19NO3/c1-3-10-19-14-6-4-5-7-15(14)20-16-9-8-13(11-17-16)12(2)18/h4-9,11-12,18H,3,10H2,1-2H3/t12-/m1/s1. The van der Waals surface area contributed by atoms with Gasteiger partial charge in [-0.15, -0.1) is 0 Å². The van der Waals surface area contributed by atoms with Gasteiger partial charge < -0.3 is 14.6 Å². The minimum absolute atomic E-state index is 0.474. The highest BCUT2D eigenvalue weighted by atomic mass is 16.5. The van der Waals surface area contributed by atoms with Crippen molar-refractivity contribution in [1.29, 1.82) is 0 Å². The lowest BCUT2D eigenvalue weighted by Gasteiger charge is -2.11. The molecule has 20 heavy (non-hydrogen) atoms. The van der Waals surface area contributed by atoms with Crippen LogP contribution >= 0.6 is 0 Å². The minimum atomic E-state index is -0.531. The zero-order valence-corrected chi connectivity index (χ0v) is 11.7. The molecule has 0 fully saturated rings. The fourth-order valence-corrected chi connectivity index (χ4v) is 1.68. The molecule has 0 bridgehead atoms. The molecule has 2 rings (SSSR count). The molecule has 0 unspecified atom stereocenters. The summed E-state index contributed by atoms with van der Waals surface area (Å²) < 4.78 is 11.4. The van der Waals surface area contributed by atoms with Gasteiger partial charge in [0.2, 0.25) is 5.88 Å². The van der Waals surface area contributed by atoms with Gasteiger partial charge >= 0.3 is 0 Å². The molecule has 0 saturated carbocycles. The van der Waals surface area contributed by atoms with Gasteiger partial charge in [-0.05, 0) is 37.1 Å². The quantitative estimate of drug-likeness (QED) is 0.871. The Kier molecular flexibility index (Phi) is 4.96. The molecular weight excluding hydrogens is 254 g/mol. The SMILES string of the molecule is CCCOc1ccccc1Oc1ccc([C@@H](C)O)cn1. The second-order valence-electron chi connectivity index (χ2n) is 4.50. The van der Waals surface area contributed by atoms with Gasteiger partial charge in [0.1, 0.15) is 0 Å². The Morgan fingerprint density at radius 2 is 1.90 bits per heavy atom. The van der Waals surface area contributed by atoms with Gasteiger partial charge in [-0.25, -0.2) is 4.98 Å². The summed E-state index contributed by atoms with van der Waals surface area (Å²) in [5, 5.41) is 9.44.